The molecule has 0 bridgehead atoms. The van der Waals surface area contributed by atoms with Gasteiger partial charge in [0.1, 0.15) is 0 Å². The van der Waals surface area contributed by atoms with Crippen molar-refractivity contribution in [3.8, 4) is 11.4 Å². The Morgan fingerprint density at radius 3 is 2.43 bits per heavy atom. The van der Waals surface area contributed by atoms with Crippen LogP contribution in [0.5, 0.6) is 0 Å². The summed E-state index contributed by atoms with van der Waals surface area (Å²) in [5, 5.41) is 6.76. The third-order valence-corrected chi connectivity index (χ3v) is 5.83. The molecule has 2 aromatic carbocycles. The molecule has 1 atom stereocenters. The Morgan fingerprint density at radius 1 is 1.07 bits per heavy atom. The Bertz CT molecular complexity index is 1140. The standard InChI is InChI=1S/C21H24N4O4S/c1-13(2)22-20(26)17-7-5-6-16(12-17)19-23-21(29-24-19)15(4)25-30(27,28)18-10-8-14(3)9-11-18/h5-13,15,25H,1-4H3,(H,22,26)/t15-/m0/s1. The van der Waals surface area contributed by atoms with Crippen molar-refractivity contribution in [1.82, 2.24) is 20.2 Å². The van der Waals surface area contributed by atoms with Crippen LogP contribution in [0.15, 0.2) is 57.9 Å². The van der Waals surface area contributed by atoms with E-state index in [0.29, 0.717) is 11.1 Å². The monoisotopic (exact) mass is 428 g/mol. The Balaban J connectivity index is 1.77. The minimum Gasteiger partial charge on any atom is -0.350 e. The molecular weight excluding hydrogens is 404 g/mol. The van der Waals surface area contributed by atoms with E-state index >= 15 is 0 Å². The molecule has 0 unspecified atom stereocenters. The van der Waals surface area contributed by atoms with Crippen LogP contribution in [0.25, 0.3) is 11.4 Å². The molecule has 0 aliphatic rings. The number of nitrogens with zero attached hydrogens (tertiary/aromatic N) is 2. The van der Waals surface area contributed by atoms with E-state index in [-0.39, 0.29) is 28.6 Å². The van der Waals surface area contributed by atoms with Gasteiger partial charge >= 0.3 is 0 Å². The average molecular weight is 429 g/mol. The van der Waals surface area contributed by atoms with Crippen LogP contribution in [-0.2, 0) is 10.0 Å². The molecule has 3 aromatic rings. The quantitative estimate of drug-likeness (QED) is 0.597. The second-order valence-electron chi connectivity index (χ2n) is 7.32. The number of carbonyl (C=O) groups excluding carboxylic acids is 1. The van der Waals surface area contributed by atoms with Crippen LogP contribution in [0.3, 0.4) is 0 Å². The van der Waals surface area contributed by atoms with Gasteiger partial charge in [0.25, 0.3) is 5.91 Å². The van der Waals surface area contributed by atoms with Gasteiger partial charge in [-0.2, -0.15) is 9.71 Å². The smallest absolute Gasteiger partial charge is 0.251 e. The molecule has 30 heavy (non-hydrogen) atoms. The molecule has 1 amide bonds. The maximum Gasteiger partial charge on any atom is 0.251 e. The van der Waals surface area contributed by atoms with Crippen molar-refractivity contribution in [2.24, 2.45) is 0 Å². The van der Waals surface area contributed by atoms with Gasteiger partial charge in [0.05, 0.1) is 10.9 Å². The van der Waals surface area contributed by atoms with Crippen molar-refractivity contribution in [3.05, 3.63) is 65.5 Å². The lowest BCUT2D eigenvalue weighted by molar-refractivity contribution is 0.0943. The first-order valence-corrected chi connectivity index (χ1v) is 11.0. The predicted octanol–water partition coefficient (Wildman–Crippen LogP) is 3.22. The maximum absolute atomic E-state index is 12.6. The number of nitrogens with one attached hydrogen (secondary N) is 2. The van der Waals surface area contributed by atoms with Crippen molar-refractivity contribution in [2.45, 2.75) is 44.7 Å². The van der Waals surface area contributed by atoms with Crippen molar-refractivity contribution >= 4 is 15.9 Å². The zero-order valence-corrected chi connectivity index (χ0v) is 18.0. The second-order valence-corrected chi connectivity index (χ2v) is 9.04. The van der Waals surface area contributed by atoms with Gasteiger partial charge in [0.2, 0.25) is 21.7 Å². The average Bonchev–Trinajstić information content (AvgIpc) is 3.18. The van der Waals surface area contributed by atoms with Crippen LogP contribution in [0.2, 0.25) is 0 Å². The number of amides is 1. The molecule has 158 valence electrons. The van der Waals surface area contributed by atoms with E-state index in [1.54, 1.807) is 43.3 Å². The highest BCUT2D eigenvalue weighted by atomic mass is 32.2. The highest BCUT2D eigenvalue weighted by molar-refractivity contribution is 7.89. The molecule has 1 heterocycles. The fourth-order valence-corrected chi connectivity index (χ4v) is 3.94. The van der Waals surface area contributed by atoms with Crippen molar-refractivity contribution in [1.29, 1.82) is 0 Å². The first kappa shape index (κ1) is 21.7. The lowest BCUT2D eigenvalue weighted by Crippen LogP contribution is -2.30. The summed E-state index contributed by atoms with van der Waals surface area (Å²) in [5.74, 6) is 0.193. The third-order valence-electron chi connectivity index (χ3n) is 4.28. The van der Waals surface area contributed by atoms with Crippen molar-refractivity contribution in [2.75, 3.05) is 0 Å². The Labute approximate surface area is 175 Å². The lowest BCUT2D eigenvalue weighted by Gasteiger charge is -2.10. The molecule has 0 spiro atoms. The number of rotatable bonds is 7. The fraction of sp³-hybridized carbons (Fsp3) is 0.286. The summed E-state index contributed by atoms with van der Waals surface area (Å²) in [6, 6.07) is 12.7. The lowest BCUT2D eigenvalue weighted by atomic mass is 10.1. The zero-order valence-electron chi connectivity index (χ0n) is 17.2. The van der Waals surface area contributed by atoms with E-state index in [2.05, 4.69) is 20.2 Å². The Hall–Kier alpha value is -3.04. The largest absolute Gasteiger partial charge is 0.350 e. The number of benzene rings is 2. The van der Waals surface area contributed by atoms with Crippen molar-refractivity contribution < 1.29 is 17.7 Å². The van der Waals surface area contributed by atoms with Gasteiger partial charge in [0, 0.05) is 17.2 Å². The van der Waals surface area contributed by atoms with Gasteiger partial charge in [-0.15, -0.1) is 0 Å². The summed E-state index contributed by atoms with van der Waals surface area (Å²) >= 11 is 0. The summed E-state index contributed by atoms with van der Waals surface area (Å²) in [6.07, 6.45) is 0. The first-order valence-electron chi connectivity index (χ1n) is 9.49. The first-order chi connectivity index (χ1) is 14.2. The van der Waals surface area contributed by atoms with Gasteiger partial charge in [-0.1, -0.05) is 35.0 Å². The number of hydrogen-bond donors (Lipinski definition) is 2. The maximum atomic E-state index is 12.6. The Kier molecular flexibility index (Phi) is 6.33. The second kappa shape index (κ2) is 8.76. The van der Waals surface area contributed by atoms with E-state index in [1.165, 1.54) is 12.1 Å². The molecule has 0 saturated heterocycles. The van der Waals surface area contributed by atoms with Crippen LogP contribution in [0, 0.1) is 6.92 Å². The van der Waals surface area contributed by atoms with Crippen LogP contribution in [0.4, 0.5) is 0 Å². The summed E-state index contributed by atoms with van der Waals surface area (Å²) in [7, 11) is -3.74. The SMILES string of the molecule is Cc1ccc(S(=O)(=O)N[C@@H](C)c2nc(-c3cccc(C(=O)NC(C)C)c3)no2)cc1. The van der Waals surface area contributed by atoms with Crippen LogP contribution in [0.1, 0.15) is 48.6 Å². The van der Waals surface area contributed by atoms with E-state index in [1.807, 2.05) is 20.8 Å². The normalized spacial score (nSPS) is 12.7. The molecule has 0 fully saturated rings. The molecule has 9 heteroatoms. The van der Waals surface area contributed by atoms with E-state index in [4.69, 9.17) is 4.52 Å². The van der Waals surface area contributed by atoms with Crippen molar-refractivity contribution in [3.63, 3.8) is 0 Å². The van der Waals surface area contributed by atoms with Crippen LogP contribution < -0.4 is 10.0 Å². The van der Waals surface area contributed by atoms with Gasteiger partial charge in [-0.05, 0) is 52.0 Å². The van der Waals surface area contributed by atoms with E-state index in [0.717, 1.165) is 5.56 Å². The topological polar surface area (TPSA) is 114 Å². The minimum atomic E-state index is -3.74. The fourth-order valence-electron chi connectivity index (χ4n) is 2.74. The highest BCUT2D eigenvalue weighted by Crippen LogP contribution is 2.21. The summed E-state index contributed by atoms with van der Waals surface area (Å²) in [5.41, 5.74) is 2.03. The Morgan fingerprint density at radius 2 is 1.77 bits per heavy atom. The van der Waals surface area contributed by atoms with Gasteiger partial charge in [-0.3, -0.25) is 4.79 Å². The van der Waals surface area contributed by atoms with E-state index in [9.17, 15) is 13.2 Å². The highest BCUT2D eigenvalue weighted by Gasteiger charge is 2.23. The van der Waals surface area contributed by atoms with E-state index < -0.39 is 16.1 Å². The molecule has 0 aliphatic carbocycles. The molecule has 0 saturated carbocycles. The number of aromatic nitrogens is 2. The molecule has 3 rings (SSSR count). The summed E-state index contributed by atoms with van der Waals surface area (Å²) in [4.78, 5) is 16.7. The summed E-state index contributed by atoms with van der Waals surface area (Å²) < 4.78 is 32.9. The molecule has 8 nitrogen and oxygen atoms in total. The minimum absolute atomic E-state index is 0.0142. The summed E-state index contributed by atoms with van der Waals surface area (Å²) in [6.45, 7) is 7.27. The van der Waals surface area contributed by atoms with Gasteiger partial charge in [0.15, 0.2) is 0 Å². The van der Waals surface area contributed by atoms with Gasteiger partial charge in [-0.25, -0.2) is 8.42 Å². The molecular formula is C21H24N4O4S. The zero-order chi connectivity index (χ0) is 21.9. The predicted molar refractivity (Wildman–Crippen MR) is 112 cm³/mol. The molecule has 0 aliphatic heterocycles. The molecule has 1 aromatic heterocycles. The molecule has 2 N–H and O–H groups in total. The molecule has 0 radical (unpaired) electrons. The number of sulfonamides is 1. The van der Waals surface area contributed by atoms with Gasteiger partial charge < -0.3 is 9.84 Å². The van der Waals surface area contributed by atoms with Crippen LogP contribution in [-0.4, -0.2) is 30.5 Å². The van der Waals surface area contributed by atoms with Crippen LogP contribution >= 0.6 is 0 Å². The number of carbonyl (C=O) groups is 1. The number of aryl methyl sites for hydroxylation is 1. The third kappa shape index (κ3) is 5.11. The number of hydrogen-bond acceptors (Lipinski definition) is 6.